The van der Waals surface area contributed by atoms with Crippen LogP contribution < -0.4 is 5.32 Å². The van der Waals surface area contributed by atoms with Gasteiger partial charge in [0.25, 0.3) is 5.91 Å². The molecular weight excluding hydrogens is 300 g/mol. The summed E-state index contributed by atoms with van der Waals surface area (Å²) in [5, 5.41) is 6.13. The number of hydrogen-bond donors (Lipinski definition) is 1. The Kier molecular flexibility index (Phi) is 4.45. The highest BCUT2D eigenvalue weighted by molar-refractivity contribution is 5.92. The number of aromatic nitrogens is 1. The number of aryl methyl sites for hydroxylation is 1. The van der Waals surface area contributed by atoms with Crippen LogP contribution in [-0.2, 0) is 19.1 Å². The molecule has 3 rings (SSSR count). The van der Waals surface area contributed by atoms with E-state index in [0.717, 1.165) is 19.3 Å². The minimum absolute atomic E-state index is 0.00742. The van der Waals surface area contributed by atoms with E-state index >= 15 is 0 Å². The van der Waals surface area contributed by atoms with Crippen molar-refractivity contribution in [1.29, 1.82) is 0 Å². The molecule has 23 heavy (non-hydrogen) atoms. The normalized spacial score (nSPS) is 26.7. The van der Waals surface area contributed by atoms with E-state index in [9.17, 15) is 14.4 Å². The predicted octanol–water partition coefficient (Wildman–Crippen LogP) is 1.86. The zero-order valence-corrected chi connectivity index (χ0v) is 13.0. The minimum atomic E-state index is -0.460. The van der Waals surface area contributed by atoms with Crippen molar-refractivity contribution >= 4 is 23.5 Å². The van der Waals surface area contributed by atoms with E-state index in [4.69, 9.17) is 9.26 Å². The van der Waals surface area contributed by atoms with E-state index in [1.165, 1.54) is 0 Å². The first kappa shape index (κ1) is 15.7. The number of fused-ring (bicyclic) bond motifs is 2. The lowest BCUT2D eigenvalue weighted by Crippen LogP contribution is -2.40. The molecule has 2 saturated carbocycles. The molecule has 2 aliphatic carbocycles. The van der Waals surface area contributed by atoms with E-state index in [1.54, 1.807) is 13.0 Å². The van der Waals surface area contributed by atoms with Crippen LogP contribution in [0.25, 0.3) is 0 Å². The van der Waals surface area contributed by atoms with Crippen molar-refractivity contribution in [3.8, 4) is 0 Å². The fourth-order valence-corrected chi connectivity index (χ4v) is 3.53. The molecule has 2 fully saturated rings. The zero-order chi connectivity index (χ0) is 16.4. The number of nitrogens with one attached hydrogen (secondary N) is 1. The molecule has 124 valence electrons. The number of ether oxygens (including phenoxy) is 1. The Morgan fingerprint density at radius 2 is 2.04 bits per heavy atom. The van der Waals surface area contributed by atoms with Crippen LogP contribution >= 0.6 is 0 Å². The maximum absolute atomic E-state index is 12.1. The van der Waals surface area contributed by atoms with E-state index in [1.807, 2.05) is 0 Å². The summed E-state index contributed by atoms with van der Waals surface area (Å²) >= 11 is 0. The molecule has 0 aromatic carbocycles. The first-order chi connectivity index (χ1) is 11.0. The van der Waals surface area contributed by atoms with E-state index in [-0.39, 0.29) is 30.3 Å². The van der Waals surface area contributed by atoms with Gasteiger partial charge in [-0.05, 0) is 32.6 Å². The van der Waals surface area contributed by atoms with Crippen molar-refractivity contribution in [3.63, 3.8) is 0 Å². The average Bonchev–Trinajstić information content (AvgIpc) is 2.89. The molecular formula is C16H20N2O5. The highest BCUT2D eigenvalue weighted by Gasteiger charge is 2.41. The van der Waals surface area contributed by atoms with Crippen LogP contribution in [0.3, 0.4) is 0 Å². The smallest absolute Gasteiger partial charge is 0.309 e. The SMILES string of the molecule is Cc1cc(NC(=O)COC(=O)C2CC3CCCC(C2)C3=O)no1. The van der Waals surface area contributed by atoms with Gasteiger partial charge in [0.05, 0.1) is 5.92 Å². The van der Waals surface area contributed by atoms with Gasteiger partial charge in [-0.1, -0.05) is 11.6 Å². The zero-order valence-electron chi connectivity index (χ0n) is 13.0. The molecule has 2 atom stereocenters. The summed E-state index contributed by atoms with van der Waals surface area (Å²) in [6.45, 7) is 1.36. The Morgan fingerprint density at radius 1 is 1.35 bits per heavy atom. The lowest BCUT2D eigenvalue weighted by Gasteiger charge is -2.36. The Balaban J connectivity index is 1.47. The summed E-state index contributed by atoms with van der Waals surface area (Å²) in [7, 11) is 0. The Morgan fingerprint density at radius 3 is 2.65 bits per heavy atom. The summed E-state index contributed by atoms with van der Waals surface area (Å²) in [6.07, 6.45) is 3.90. The minimum Gasteiger partial charge on any atom is -0.455 e. The van der Waals surface area contributed by atoms with Gasteiger partial charge in [0.15, 0.2) is 12.4 Å². The molecule has 1 amide bonds. The lowest BCUT2D eigenvalue weighted by atomic mass is 9.67. The number of Topliss-reactive ketones (excluding diaryl/α,β-unsaturated/α-hetero) is 1. The van der Waals surface area contributed by atoms with E-state index in [2.05, 4.69) is 10.5 Å². The third-order valence-corrected chi connectivity index (χ3v) is 4.62. The van der Waals surface area contributed by atoms with Crippen LogP contribution in [0.5, 0.6) is 0 Å². The van der Waals surface area contributed by atoms with Crippen LogP contribution in [0.15, 0.2) is 10.6 Å². The van der Waals surface area contributed by atoms with Crippen molar-refractivity contribution in [2.24, 2.45) is 17.8 Å². The van der Waals surface area contributed by atoms with Gasteiger partial charge in [0.2, 0.25) is 0 Å². The van der Waals surface area contributed by atoms with Crippen LogP contribution in [0.1, 0.15) is 37.9 Å². The Bertz CT molecular complexity index is 608. The highest BCUT2D eigenvalue weighted by Crippen LogP contribution is 2.40. The molecule has 1 aromatic rings. The Labute approximate surface area is 133 Å². The number of anilines is 1. The molecule has 1 N–H and O–H groups in total. The second kappa shape index (κ2) is 6.52. The maximum atomic E-state index is 12.1. The Hall–Kier alpha value is -2.18. The van der Waals surface area contributed by atoms with Gasteiger partial charge in [-0.25, -0.2) is 0 Å². The van der Waals surface area contributed by atoms with Gasteiger partial charge < -0.3 is 14.6 Å². The highest BCUT2D eigenvalue weighted by atomic mass is 16.5. The van der Waals surface area contributed by atoms with Gasteiger partial charge in [0, 0.05) is 17.9 Å². The second-order valence-electron chi connectivity index (χ2n) is 6.37. The first-order valence-corrected chi connectivity index (χ1v) is 7.96. The van der Waals surface area contributed by atoms with Gasteiger partial charge in [0.1, 0.15) is 11.5 Å². The molecule has 1 heterocycles. The molecule has 0 saturated heterocycles. The summed E-state index contributed by atoms with van der Waals surface area (Å²) in [5.74, 6) is 0.0418. The van der Waals surface area contributed by atoms with Gasteiger partial charge in [-0.15, -0.1) is 0 Å². The van der Waals surface area contributed by atoms with Crippen molar-refractivity contribution in [1.82, 2.24) is 5.16 Å². The number of hydrogen-bond acceptors (Lipinski definition) is 6. The van der Waals surface area contributed by atoms with Crippen LogP contribution in [-0.4, -0.2) is 29.4 Å². The maximum Gasteiger partial charge on any atom is 0.309 e. The van der Waals surface area contributed by atoms with Gasteiger partial charge in [-0.2, -0.15) is 0 Å². The molecule has 0 radical (unpaired) electrons. The fraction of sp³-hybridized carbons (Fsp3) is 0.625. The quantitative estimate of drug-likeness (QED) is 0.850. The third kappa shape index (κ3) is 3.60. The monoisotopic (exact) mass is 320 g/mol. The number of esters is 1. The average molecular weight is 320 g/mol. The van der Waals surface area contributed by atoms with Gasteiger partial charge in [-0.3, -0.25) is 14.4 Å². The molecule has 0 spiro atoms. The largest absolute Gasteiger partial charge is 0.455 e. The van der Waals surface area contributed by atoms with Gasteiger partial charge >= 0.3 is 5.97 Å². The third-order valence-electron chi connectivity index (χ3n) is 4.62. The summed E-state index contributed by atoms with van der Waals surface area (Å²) in [5.41, 5.74) is 0. The molecule has 7 nitrogen and oxygen atoms in total. The summed E-state index contributed by atoms with van der Waals surface area (Å²) < 4.78 is 9.94. The number of carbonyl (C=O) groups is 3. The topological polar surface area (TPSA) is 98.5 Å². The molecule has 1 aromatic heterocycles. The summed E-state index contributed by atoms with van der Waals surface area (Å²) in [6, 6.07) is 1.58. The van der Waals surface area contributed by atoms with Crippen molar-refractivity contribution in [2.75, 3.05) is 11.9 Å². The molecule has 2 bridgehead atoms. The van der Waals surface area contributed by atoms with Crippen LogP contribution in [0.2, 0.25) is 0 Å². The van der Waals surface area contributed by atoms with E-state index in [0.29, 0.717) is 30.2 Å². The fourth-order valence-electron chi connectivity index (χ4n) is 3.53. The molecule has 7 heteroatoms. The number of carbonyl (C=O) groups excluding carboxylic acids is 3. The second-order valence-corrected chi connectivity index (χ2v) is 6.37. The first-order valence-electron chi connectivity index (χ1n) is 7.96. The number of amides is 1. The van der Waals surface area contributed by atoms with Crippen LogP contribution in [0, 0.1) is 24.7 Å². The number of rotatable bonds is 4. The number of nitrogens with zero attached hydrogens (tertiary/aromatic N) is 1. The summed E-state index contributed by atoms with van der Waals surface area (Å²) in [4.78, 5) is 35.9. The van der Waals surface area contributed by atoms with Crippen molar-refractivity contribution in [3.05, 3.63) is 11.8 Å². The molecule has 0 aliphatic heterocycles. The predicted molar refractivity (Wildman–Crippen MR) is 79.4 cm³/mol. The van der Waals surface area contributed by atoms with E-state index < -0.39 is 5.91 Å². The van der Waals surface area contributed by atoms with Crippen LogP contribution in [0.4, 0.5) is 5.82 Å². The van der Waals surface area contributed by atoms with Crippen molar-refractivity contribution < 1.29 is 23.6 Å². The standard InChI is InChI=1S/C16H20N2O5/c1-9-5-13(18-23-9)17-14(19)8-22-16(21)12-6-10-3-2-4-11(7-12)15(10)20/h5,10-12H,2-4,6-8H2,1H3,(H,17,18,19). The number of ketones is 1. The lowest BCUT2D eigenvalue weighted by molar-refractivity contribution is -0.155. The molecule has 2 unspecified atom stereocenters. The molecule has 2 aliphatic rings. The van der Waals surface area contributed by atoms with Crippen molar-refractivity contribution in [2.45, 2.75) is 39.0 Å².